The highest BCUT2D eigenvalue weighted by atomic mass is 19.4. The van der Waals surface area contributed by atoms with Crippen LogP contribution in [0.1, 0.15) is 59.7 Å². The Hall–Kier alpha value is -5.18. The predicted molar refractivity (Wildman–Crippen MR) is 171 cm³/mol. The second kappa shape index (κ2) is 12.7. The minimum atomic E-state index is -4.53. The molecule has 0 aliphatic carbocycles. The average Bonchev–Trinajstić information content (AvgIpc) is 3.54. The minimum absolute atomic E-state index is 0.0735. The molecule has 3 heterocycles. The summed E-state index contributed by atoms with van der Waals surface area (Å²) in [6.07, 6.45) is -3.41. The summed E-state index contributed by atoms with van der Waals surface area (Å²) in [5.74, 6) is -2.07. The molecule has 1 saturated heterocycles. The highest BCUT2D eigenvalue weighted by molar-refractivity contribution is 5.93. The van der Waals surface area contributed by atoms with Gasteiger partial charge in [0.15, 0.2) is 5.82 Å². The van der Waals surface area contributed by atoms with Crippen LogP contribution in [0.4, 0.5) is 27.6 Å². The van der Waals surface area contributed by atoms with Gasteiger partial charge in [0.2, 0.25) is 5.43 Å². The number of carboxylic acids is 1. The summed E-state index contributed by atoms with van der Waals surface area (Å²) in [5, 5.41) is 22.0. The number of alkyl halides is 3. The van der Waals surface area contributed by atoms with Crippen LogP contribution in [-0.4, -0.2) is 66.9 Å². The molecular weight excluding hydrogens is 649 g/mol. The van der Waals surface area contributed by atoms with Crippen molar-refractivity contribution in [2.45, 2.75) is 45.1 Å². The van der Waals surface area contributed by atoms with Gasteiger partial charge in [-0.15, -0.1) is 5.10 Å². The molecule has 2 aromatic heterocycles. The van der Waals surface area contributed by atoms with Crippen LogP contribution in [0.25, 0.3) is 10.9 Å². The predicted octanol–water partition coefficient (Wildman–Crippen LogP) is 5.70. The summed E-state index contributed by atoms with van der Waals surface area (Å²) in [6.45, 7) is 7.35. The lowest BCUT2D eigenvalue weighted by Gasteiger charge is -2.40. The van der Waals surface area contributed by atoms with Gasteiger partial charge in [0, 0.05) is 44.3 Å². The van der Waals surface area contributed by atoms with Crippen LogP contribution in [0.2, 0.25) is 0 Å². The number of nitrogens with zero attached hydrogens (tertiary/aromatic N) is 7. The zero-order valence-electron chi connectivity index (χ0n) is 26.7. The lowest BCUT2D eigenvalue weighted by molar-refractivity contribution is -0.137. The van der Waals surface area contributed by atoms with E-state index >= 15 is 4.39 Å². The van der Waals surface area contributed by atoms with Crippen molar-refractivity contribution in [2.75, 3.05) is 31.1 Å². The number of aromatic carboxylic acids is 1. The topological polar surface area (TPSA) is 109 Å². The first-order chi connectivity index (χ1) is 23.1. The number of pyridine rings is 1. The fourth-order valence-corrected chi connectivity index (χ4v) is 6.15. The van der Waals surface area contributed by atoms with E-state index in [2.05, 4.69) is 20.4 Å². The van der Waals surface area contributed by atoms with E-state index in [1.54, 1.807) is 21.7 Å². The van der Waals surface area contributed by atoms with Gasteiger partial charge in [0.25, 0.3) is 0 Å². The third-order valence-electron chi connectivity index (χ3n) is 8.59. The van der Waals surface area contributed by atoms with Gasteiger partial charge in [0.05, 0.1) is 28.3 Å². The molecule has 1 atom stereocenters. The Bertz CT molecular complexity index is 2060. The number of hydrogen-bond acceptors (Lipinski definition) is 7. The Labute approximate surface area is 277 Å². The van der Waals surface area contributed by atoms with Crippen LogP contribution in [0.3, 0.4) is 0 Å². The summed E-state index contributed by atoms with van der Waals surface area (Å²) < 4.78 is 72.2. The Kier molecular flexibility index (Phi) is 8.73. The van der Waals surface area contributed by atoms with Crippen molar-refractivity contribution in [1.29, 1.82) is 0 Å². The van der Waals surface area contributed by atoms with Crippen molar-refractivity contribution in [3.63, 3.8) is 0 Å². The van der Waals surface area contributed by atoms with Crippen molar-refractivity contribution < 1.29 is 31.9 Å². The van der Waals surface area contributed by atoms with Gasteiger partial charge < -0.3 is 14.6 Å². The maximum absolute atomic E-state index is 15.8. The number of anilines is 1. The van der Waals surface area contributed by atoms with Gasteiger partial charge in [-0.1, -0.05) is 24.3 Å². The van der Waals surface area contributed by atoms with Gasteiger partial charge in [-0.2, -0.15) is 13.2 Å². The maximum Gasteiger partial charge on any atom is 0.416 e. The van der Waals surface area contributed by atoms with Crippen molar-refractivity contribution in [2.24, 2.45) is 0 Å². The molecule has 1 unspecified atom stereocenters. The Morgan fingerprint density at radius 3 is 2.18 bits per heavy atom. The molecule has 10 nitrogen and oxygen atoms in total. The fourth-order valence-electron chi connectivity index (χ4n) is 6.15. The van der Waals surface area contributed by atoms with E-state index in [4.69, 9.17) is 0 Å². The number of aromatic nitrogens is 5. The SMILES string of the molecule is CC(C)(C)n1nnnc1C(c1ccc(F)cc1)N1CCN(c2cc3c(cc2F)c(=O)c(C(=O)O)cn3Cc2ccc(C(F)(F)F)cc2)CC1. The van der Waals surface area contributed by atoms with Gasteiger partial charge in [-0.05, 0) is 78.7 Å². The summed E-state index contributed by atoms with van der Waals surface area (Å²) in [7, 11) is 0. The van der Waals surface area contributed by atoms with E-state index in [9.17, 15) is 32.3 Å². The van der Waals surface area contributed by atoms with Gasteiger partial charge >= 0.3 is 12.1 Å². The maximum atomic E-state index is 15.8. The van der Waals surface area contributed by atoms with Crippen molar-refractivity contribution >= 4 is 22.6 Å². The third-order valence-corrected chi connectivity index (χ3v) is 8.59. The zero-order chi connectivity index (χ0) is 35.2. The molecule has 3 aromatic carbocycles. The summed E-state index contributed by atoms with van der Waals surface area (Å²) in [5.41, 5.74) is -1.18. The van der Waals surface area contributed by atoms with E-state index < -0.39 is 46.1 Å². The smallest absolute Gasteiger partial charge is 0.416 e. The number of fused-ring (bicyclic) bond motifs is 1. The van der Waals surface area contributed by atoms with Crippen LogP contribution in [-0.2, 0) is 18.3 Å². The first kappa shape index (κ1) is 33.7. The number of tetrazole rings is 1. The molecule has 1 N–H and O–H groups in total. The number of carbonyl (C=O) groups is 1. The Morgan fingerprint density at radius 2 is 1.59 bits per heavy atom. The number of benzene rings is 3. The number of hydrogen-bond donors (Lipinski definition) is 1. The molecule has 0 radical (unpaired) electrons. The van der Waals surface area contributed by atoms with Crippen LogP contribution in [0.5, 0.6) is 0 Å². The molecule has 1 aliphatic heterocycles. The monoisotopic (exact) mass is 681 g/mol. The lowest BCUT2D eigenvalue weighted by Crippen LogP contribution is -2.49. The zero-order valence-corrected chi connectivity index (χ0v) is 26.7. The molecule has 256 valence electrons. The summed E-state index contributed by atoms with van der Waals surface area (Å²) >= 11 is 0. The van der Waals surface area contributed by atoms with Gasteiger partial charge in [-0.3, -0.25) is 9.69 Å². The van der Waals surface area contributed by atoms with E-state index in [0.717, 1.165) is 30.0 Å². The quantitative estimate of drug-likeness (QED) is 0.218. The third kappa shape index (κ3) is 6.75. The number of rotatable bonds is 7. The highest BCUT2D eigenvalue weighted by Crippen LogP contribution is 2.33. The van der Waals surface area contributed by atoms with Crippen molar-refractivity contribution in [3.05, 3.63) is 117 Å². The van der Waals surface area contributed by atoms with Crippen molar-refractivity contribution in [1.82, 2.24) is 29.7 Å². The molecule has 1 aliphatic rings. The second-order valence-electron chi connectivity index (χ2n) is 12.9. The molecule has 1 fully saturated rings. The van der Waals surface area contributed by atoms with E-state index in [0.29, 0.717) is 37.6 Å². The van der Waals surface area contributed by atoms with Crippen LogP contribution in [0, 0.1) is 11.6 Å². The molecule has 5 aromatic rings. The Morgan fingerprint density at radius 1 is 0.939 bits per heavy atom. The molecule has 15 heteroatoms. The number of carboxylic acid groups (broad SMARTS) is 1. The van der Waals surface area contributed by atoms with Crippen LogP contribution >= 0.6 is 0 Å². The average molecular weight is 682 g/mol. The van der Waals surface area contributed by atoms with Crippen LogP contribution < -0.4 is 10.3 Å². The lowest BCUT2D eigenvalue weighted by atomic mass is 10.0. The molecular formula is C34H32F5N7O3. The minimum Gasteiger partial charge on any atom is -0.477 e. The van der Waals surface area contributed by atoms with Crippen molar-refractivity contribution in [3.8, 4) is 0 Å². The number of piperazine rings is 1. The normalized spacial score (nSPS) is 15.1. The van der Waals surface area contributed by atoms with E-state index in [1.807, 2.05) is 20.8 Å². The molecule has 0 bridgehead atoms. The van der Waals surface area contributed by atoms with Gasteiger partial charge in [0.1, 0.15) is 17.2 Å². The summed E-state index contributed by atoms with van der Waals surface area (Å²) in [4.78, 5) is 28.9. The largest absolute Gasteiger partial charge is 0.477 e. The van der Waals surface area contributed by atoms with E-state index in [1.165, 1.54) is 34.9 Å². The molecule has 6 rings (SSSR count). The summed E-state index contributed by atoms with van der Waals surface area (Å²) in [6, 6.07) is 12.5. The second-order valence-corrected chi connectivity index (χ2v) is 12.9. The first-order valence-corrected chi connectivity index (χ1v) is 15.4. The highest BCUT2D eigenvalue weighted by Gasteiger charge is 2.34. The standard InChI is InChI=1S/C34H32F5N7O3/c1-33(2,3)46-31(40-41-42-46)29(21-6-10-23(35)11-7-21)44-14-12-43(13-15-44)28-17-27-24(16-26(28)36)30(47)25(32(48)49)19-45(27)18-20-4-8-22(9-5-20)34(37,38)39/h4-11,16-17,19,29H,12-15,18H2,1-3H3,(H,48,49). The molecule has 0 saturated carbocycles. The molecule has 0 spiro atoms. The fraction of sp³-hybridized carbons (Fsp3) is 0.324. The first-order valence-electron chi connectivity index (χ1n) is 15.4. The van der Waals surface area contributed by atoms with E-state index in [-0.39, 0.29) is 29.0 Å². The Balaban J connectivity index is 1.34. The molecule has 0 amide bonds. The van der Waals surface area contributed by atoms with Gasteiger partial charge in [-0.25, -0.2) is 18.3 Å². The molecule has 49 heavy (non-hydrogen) atoms. The number of halogens is 5. The van der Waals surface area contributed by atoms with Crippen LogP contribution in [0.15, 0.2) is 71.7 Å².